The maximum atomic E-state index is 5.52. The fraction of sp³-hybridized carbons (Fsp3) is 0.500. The van der Waals surface area contributed by atoms with Gasteiger partial charge in [0.25, 0.3) is 0 Å². The van der Waals surface area contributed by atoms with E-state index in [9.17, 15) is 0 Å². The molecule has 20 heavy (non-hydrogen) atoms. The number of aromatic nitrogens is 1. The van der Waals surface area contributed by atoms with Crippen LogP contribution in [-0.4, -0.2) is 30.6 Å². The Morgan fingerprint density at radius 1 is 1.35 bits per heavy atom. The van der Waals surface area contributed by atoms with E-state index in [0.29, 0.717) is 19.6 Å². The monoisotopic (exact) mass is 342 g/mol. The van der Waals surface area contributed by atoms with E-state index in [-0.39, 0.29) is 12.4 Å². The van der Waals surface area contributed by atoms with Gasteiger partial charge in [0.1, 0.15) is 6.10 Å². The van der Waals surface area contributed by atoms with Crippen LogP contribution in [0, 0.1) is 0 Å². The molecule has 0 radical (unpaired) electrons. The van der Waals surface area contributed by atoms with Crippen LogP contribution in [-0.2, 0) is 14.3 Å². The van der Waals surface area contributed by atoms with Gasteiger partial charge in [0.2, 0.25) is 0 Å². The second kappa shape index (κ2) is 7.73. The molecule has 2 heterocycles. The standard InChI is InChI=1S/C14H19BrN2O3/c1-3-18-14(19-4-2)8-11-7-13(17-20-11)12-6-5-10(15)9-16-12/h5-7,9,11,14,17H,3-4,8H2,1-2H3. The summed E-state index contributed by atoms with van der Waals surface area (Å²) in [5, 5.41) is 0. The Labute approximate surface area is 127 Å². The van der Waals surface area contributed by atoms with Crippen molar-refractivity contribution in [2.24, 2.45) is 0 Å². The van der Waals surface area contributed by atoms with Gasteiger partial charge in [-0.1, -0.05) is 0 Å². The highest BCUT2D eigenvalue weighted by atomic mass is 79.9. The van der Waals surface area contributed by atoms with E-state index in [0.717, 1.165) is 15.9 Å². The van der Waals surface area contributed by atoms with Crippen molar-refractivity contribution in [2.45, 2.75) is 32.7 Å². The van der Waals surface area contributed by atoms with Crippen molar-refractivity contribution in [2.75, 3.05) is 13.2 Å². The van der Waals surface area contributed by atoms with Gasteiger partial charge in [0.05, 0.1) is 11.4 Å². The highest BCUT2D eigenvalue weighted by Gasteiger charge is 2.22. The lowest BCUT2D eigenvalue weighted by Crippen LogP contribution is -2.24. The van der Waals surface area contributed by atoms with Gasteiger partial charge in [-0.05, 0) is 48.0 Å². The normalized spacial score (nSPS) is 18.2. The van der Waals surface area contributed by atoms with Gasteiger partial charge in [-0.15, -0.1) is 0 Å². The summed E-state index contributed by atoms with van der Waals surface area (Å²) in [6.45, 7) is 5.14. The number of nitrogens with zero attached hydrogens (tertiary/aromatic N) is 1. The summed E-state index contributed by atoms with van der Waals surface area (Å²) < 4.78 is 12.0. The smallest absolute Gasteiger partial charge is 0.160 e. The first-order valence-corrected chi connectivity index (χ1v) is 7.50. The first-order chi connectivity index (χ1) is 9.72. The zero-order chi connectivity index (χ0) is 14.4. The number of halogens is 1. The SMILES string of the molecule is CCOC(CC1C=C(c2ccc(Br)cn2)NO1)OCC. The van der Waals surface area contributed by atoms with E-state index in [1.807, 2.05) is 32.1 Å². The minimum Gasteiger partial charge on any atom is -0.353 e. The molecule has 1 unspecified atom stereocenters. The lowest BCUT2D eigenvalue weighted by atomic mass is 10.2. The summed E-state index contributed by atoms with van der Waals surface area (Å²) in [6.07, 6.45) is 4.08. The maximum absolute atomic E-state index is 5.52. The molecule has 6 heteroatoms. The Hall–Kier alpha value is -0.950. The Morgan fingerprint density at radius 3 is 2.70 bits per heavy atom. The molecule has 110 valence electrons. The van der Waals surface area contributed by atoms with Gasteiger partial charge in [0.15, 0.2) is 6.29 Å². The average Bonchev–Trinajstić information content (AvgIpc) is 2.89. The predicted molar refractivity (Wildman–Crippen MR) is 79.6 cm³/mol. The summed E-state index contributed by atoms with van der Waals surface area (Å²) in [7, 11) is 0. The minimum absolute atomic E-state index is 0.0847. The Balaban J connectivity index is 1.96. The van der Waals surface area contributed by atoms with Crippen LogP contribution in [0.15, 0.2) is 28.9 Å². The summed E-state index contributed by atoms with van der Waals surface area (Å²) in [5.74, 6) is 0. The molecule has 0 spiro atoms. The van der Waals surface area contributed by atoms with Crippen molar-refractivity contribution in [3.05, 3.63) is 34.6 Å². The highest BCUT2D eigenvalue weighted by molar-refractivity contribution is 9.10. The summed E-state index contributed by atoms with van der Waals surface area (Å²) in [5.41, 5.74) is 4.62. The van der Waals surface area contributed by atoms with Gasteiger partial charge in [-0.25, -0.2) is 0 Å². The Kier molecular flexibility index (Phi) is 5.97. The molecule has 0 bridgehead atoms. The molecular formula is C14H19BrN2O3. The van der Waals surface area contributed by atoms with Gasteiger partial charge in [0, 0.05) is 30.3 Å². The quantitative estimate of drug-likeness (QED) is 0.772. The van der Waals surface area contributed by atoms with E-state index in [2.05, 4.69) is 26.4 Å². The molecule has 0 fully saturated rings. The molecule has 1 aromatic heterocycles. The largest absolute Gasteiger partial charge is 0.353 e. The summed E-state index contributed by atoms with van der Waals surface area (Å²) in [4.78, 5) is 9.85. The van der Waals surface area contributed by atoms with E-state index < -0.39 is 0 Å². The highest BCUT2D eigenvalue weighted by Crippen LogP contribution is 2.21. The topological polar surface area (TPSA) is 52.6 Å². The summed E-state index contributed by atoms with van der Waals surface area (Å²) in [6, 6.07) is 3.87. The first kappa shape index (κ1) is 15.4. The van der Waals surface area contributed by atoms with Crippen LogP contribution in [0.1, 0.15) is 26.0 Å². The van der Waals surface area contributed by atoms with Crippen molar-refractivity contribution in [1.29, 1.82) is 0 Å². The molecular weight excluding hydrogens is 324 g/mol. The zero-order valence-corrected chi connectivity index (χ0v) is 13.2. The van der Waals surface area contributed by atoms with Crippen LogP contribution in [0.4, 0.5) is 0 Å². The van der Waals surface area contributed by atoms with Gasteiger partial charge >= 0.3 is 0 Å². The van der Waals surface area contributed by atoms with E-state index in [4.69, 9.17) is 14.3 Å². The molecule has 1 aliphatic rings. The number of ether oxygens (including phenoxy) is 2. The number of hydroxylamine groups is 1. The molecule has 0 amide bonds. The van der Waals surface area contributed by atoms with E-state index in [1.54, 1.807) is 6.20 Å². The van der Waals surface area contributed by atoms with Crippen LogP contribution in [0.2, 0.25) is 0 Å². The van der Waals surface area contributed by atoms with Crippen LogP contribution >= 0.6 is 15.9 Å². The van der Waals surface area contributed by atoms with Crippen LogP contribution < -0.4 is 5.48 Å². The van der Waals surface area contributed by atoms with Crippen LogP contribution in [0.3, 0.4) is 0 Å². The number of pyridine rings is 1. The molecule has 0 aliphatic carbocycles. The summed E-state index contributed by atoms with van der Waals surface area (Å²) >= 11 is 3.37. The third-order valence-electron chi connectivity index (χ3n) is 2.81. The maximum Gasteiger partial charge on any atom is 0.160 e. The van der Waals surface area contributed by atoms with Gasteiger partial charge in [-0.2, -0.15) is 0 Å². The number of hydrogen-bond donors (Lipinski definition) is 1. The fourth-order valence-corrected chi connectivity index (χ4v) is 2.16. The molecule has 1 aromatic rings. The molecule has 0 saturated heterocycles. The molecule has 1 N–H and O–H groups in total. The fourth-order valence-electron chi connectivity index (χ4n) is 1.93. The van der Waals surface area contributed by atoms with Crippen molar-refractivity contribution in [3.63, 3.8) is 0 Å². The first-order valence-electron chi connectivity index (χ1n) is 6.71. The van der Waals surface area contributed by atoms with Crippen LogP contribution in [0.25, 0.3) is 5.70 Å². The van der Waals surface area contributed by atoms with Crippen LogP contribution in [0.5, 0.6) is 0 Å². The number of hydrogen-bond acceptors (Lipinski definition) is 5. The molecule has 1 aliphatic heterocycles. The molecule has 0 saturated carbocycles. The predicted octanol–water partition coefficient (Wildman–Crippen LogP) is 2.88. The zero-order valence-electron chi connectivity index (χ0n) is 11.6. The Morgan fingerprint density at radius 2 is 2.10 bits per heavy atom. The second-order valence-electron chi connectivity index (χ2n) is 4.28. The van der Waals surface area contributed by atoms with Gasteiger partial charge in [-0.3, -0.25) is 15.3 Å². The minimum atomic E-state index is -0.245. The Bertz CT molecular complexity index is 444. The van der Waals surface area contributed by atoms with Gasteiger partial charge < -0.3 is 9.47 Å². The van der Waals surface area contributed by atoms with Crippen molar-refractivity contribution >= 4 is 21.6 Å². The third kappa shape index (κ3) is 4.28. The third-order valence-corrected chi connectivity index (χ3v) is 3.28. The molecule has 1 atom stereocenters. The van der Waals surface area contributed by atoms with E-state index in [1.165, 1.54) is 0 Å². The average molecular weight is 343 g/mol. The van der Waals surface area contributed by atoms with Crippen molar-refractivity contribution in [1.82, 2.24) is 10.5 Å². The number of rotatable bonds is 7. The van der Waals surface area contributed by atoms with Crippen molar-refractivity contribution < 1.29 is 14.3 Å². The van der Waals surface area contributed by atoms with Crippen molar-refractivity contribution in [3.8, 4) is 0 Å². The lowest BCUT2D eigenvalue weighted by Gasteiger charge is -2.18. The molecule has 0 aromatic carbocycles. The molecule has 2 rings (SSSR count). The lowest BCUT2D eigenvalue weighted by molar-refractivity contribution is -0.154. The second-order valence-corrected chi connectivity index (χ2v) is 5.19. The molecule has 5 nitrogen and oxygen atoms in total. The van der Waals surface area contributed by atoms with E-state index >= 15 is 0 Å². The number of nitrogens with one attached hydrogen (secondary N) is 1.